The third-order valence-electron chi connectivity index (χ3n) is 5.56. The molecule has 3 heterocycles. The minimum Gasteiger partial charge on any atom is -0.378 e. The summed E-state index contributed by atoms with van der Waals surface area (Å²) in [5.74, 6) is 1.83. The fraction of sp³-hybridized carbons (Fsp3) is 0.524. The molecule has 0 N–H and O–H groups in total. The summed E-state index contributed by atoms with van der Waals surface area (Å²) in [7, 11) is 2.13. The van der Waals surface area contributed by atoms with Gasteiger partial charge in [0.1, 0.15) is 5.82 Å². The number of likely N-dealkylation sites (tertiary alicyclic amines) is 1. The number of anilines is 2. The third kappa shape index (κ3) is 4.57. The first-order valence-corrected chi connectivity index (χ1v) is 9.94. The summed E-state index contributed by atoms with van der Waals surface area (Å²) in [4.78, 5) is 16.5. The second-order valence-corrected chi connectivity index (χ2v) is 7.44. The summed E-state index contributed by atoms with van der Waals surface area (Å²) in [6.45, 7) is 6.56. The van der Waals surface area contributed by atoms with Crippen molar-refractivity contribution in [2.45, 2.75) is 25.4 Å². The highest BCUT2D eigenvalue weighted by Crippen LogP contribution is 2.22. The van der Waals surface area contributed by atoms with Gasteiger partial charge < -0.3 is 14.5 Å². The lowest BCUT2D eigenvalue weighted by Gasteiger charge is -2.38. The largest absolute Gasteiger partial charge is 0.378 e. The van der Waals surface area contributed by atoms with Crippen LogP contribution in [0, 0.1) is 0 Å². The van der Waals surface area contributed by atoms with Gasteiger partial charge in [-0.1, -0.05) is 30.3 Å². The summed E-state index contributed by atoms with van der Waals surface area (Å²) < 4.78 is 5.45. The second-order valence-electron chi connectivity index (χ2n) is 7.44. The molecule has 1 atom stereocenters. The average Bonchev–Trinajstić information content (AvgIpc) is 2.75. The van der Waals surface area contributed by atoms with E-state index in [2.05, 4.69) is 57.1 Å². The van der Waals surface area contributed by atoms with Gasteiger partial charge >= 0.3 is 0 Å². The summed E-state index contributed by atoms with van der Waals surface area (Å²) >= 11 is 0. The molecule has 0 amide bonds. The molecular formula is C21H29N5O. The van der Waals surface area contributed by atoms with Gasteiger partial charge in [-0.15, -0.1) is 0 Å². The molecule has 2 aliphatic heterocycles. The SMILES string of the molecule is CN(c1nccc(N2CCOCC2)n1)C1CCCN(Cc2ccccc2)C1. The van der Waals surface area contributed by atoms with Gasteiger partial charge in [-0.25, -0.2) is 4.98 Å². The number of hydrogen-bond acceptors (Lipinski definition) is 6. The van der Waals surface area contributed by atoms with Gasteiger partial charge in [-0.3, -0.25) is 4.90 Å². The van der Waals surface area contributed by atoms with Crippen LogP contribution in [-0.2, 0) is 11.3 Å². The number of rotatable bonds is 5. The lowest BCUT2D eigenvalue weighted by Crippen LogP contribution is -2.47. The van der Waals surface area contributed by atoms with Crippen molar-refractivity contribution in [1.82, 2.24) is 14.9 Å². The van der Waals surface area contributed by atoms with Gasteiger partial charge in [0.05, 0.1) is 13.2 Å². The van der Waals surface area contributed by atoms with Crippen LogP contribution < -0.4 is 9.80 Å². The Morgan fingerprint density at radius 1 is 1.11 bits per heavy atom. The summed E-state index contributed by atoms with van der Waals surface area (Å²) in [5, 5.41) is 0. The van der Waals surface area contributed by atoms with E-state index in [1.54, 1.807) is 0 Å². The fourth-order valence-corrected chi connectivity index (χ4v) is 3.97. The van der Waals surface area contributed by atoms with Gasteiger partial charge in [0.25, 0.3) is 0 Å². The summed E-state index contributed by atoms with van der Waals surface area (Å²) in [5.41, 5.74) is 1.38. The lowest BCUT2D eigenvalue weighted by molar-refractivity contribution is 0.122. The minimum absolute atomic E-state index is 0.447. The van der Waals surface area contributed by atoms with Crippen LogP contribution in [0.5, 0.6) is 0 Å². The summed E-state index contributed by atoms with van der Waals surface area (Å²) in [6, 6.07) is 13.2. The van der Waals surface area contributed by atoms with Crippen LogP contribution in [0.15, 0.2) is 42.6 Å². The predicted octanol–water partition coefficient (Wildman–Crippen LogP) is 2.41. The highest BCUT2D eigenvalue weighted by Gasteiger charge is 2.25. The predicted molar refractivity (Wildman–Crippen MR) is 108 cm³/mol. The zero-order chi connectivity index (χ0) is 18.5. The monoisotopic (exact) mass is 367 g/mol. The molecule has 1 unspecified atom stereocenters. The summed E-state index contributed by atoms with van der Waals surface area (Å²) in [6.07, 6.45) is 4.28. The molecule has 6 heteroatoms. The maximum absolute atomic E-state index is 5.45. The number of aromatic nitrogens is 2. The zero-order valence-corrected chi connectivity index (χ0v) is 16.1. The molecule has 0 saturated carbocycles. The second kappa shape index (κ2) is 8.67. The molecule has 2 fully saturated rings. The van der Waals surface area contributed by atoms with Crippen molar-refractivity contribution in [3.63, 3.8) is 0 Å². The molecule has 0 radical (unpaired) electrons. The number of likely N-dealkylation sites (N-methyl/N-ethyl adjacent to an activating group) is 1. The Labute approximate surface area is 161 Å². The maximum atomic E-state index is 5.45. The van der Waals surface area contributed by atoms with E-state index < -0.39 is 0 Å². The average molecular weight is 367 g/mol. The van der Waals surface area contributed by atoms with Crippen molar-refractivity contribution in [3.05, 3.63) is 48.2 Å². The van der Waals surface area contributed by atoms with Crippen LogP contribution in [0.1, 0.15) is 18.4 Å². The smallest absolute Gasteiger partial charge is 0.227 e. The van der Waals surface area contributed by atoms with E-state index in [1.807, 2.05) is 12.3 Å². The van der Waals surface area contributed by atoms with Gasteiger partial charge in [-0.2, -0.15) is 4.98 Å². The molecule has 4 rings (SSSR count). The van der Waals surface area contributed by atoms with E-state index in [-0.39, 0.29) is 0 Å². The number of ether oxygens (including phenoxy) is 1. The van der Waals surface area contributed by atoms with Gasteiger partial charge in [0.2, 0.25) is 5.95 Å². The van der Waals surface area contributed by atoms with Crippen LogP contribution in [0.25, 0.3) is 0 Å². The fourth-order valence-electron chi connectivity index (χ4n) is 3.97. The van der Waals surface area contributed by atoms with Crippen LogP contribution in [-0.4, -0.2) is 67.4 Å². The Balaban J connectivity index is 1.41. The quantitative estimate of drug-likeness (QED) is 0.809. The molecule has 6 nitrogen and oxygen atoms in total. The van der Waals surface area contributed by atoms with Gasteiger partial charge in [-0.05, 0) is 31.0 Å². The van der Waals surface area contributed by atoms with Crippen molar-refractivity contribution >= 4 is 11.8 Å². The number of morpholine rings is 1. The van der Waals surface area contributed by atoms with Crippen molar-refractivity contribution in [2.75, 3.05) is 56.2 Å². The van der Waals surface area contributed by atoms with Crippen LogP contribution in [0.4, 0.5) is 11.8 Å². The van der Waals surface area contributed by atoms with Gasteiger partial charge in [0.15, 0.2) is 0 Å². The molecule has 2 aliphatic rings. The molecule has 27 heavy (non-hydrogen) atoms. The molecular weight excluding hydrogens is 338 g/mol. The normalized spacial score (nSPS) is 21.2. The maximum Gasteiger partial charge on any atom is 0.227 e. The number of benzene rings is 1. The number of nitrogens with zero attached hydrogens (tertiary/aromatic N) is 5. The van der Waals surface area contributed by atoms with E-state index in [9.17, 15) is 0 Å². The standard InChI is InChI=1S/C21H29N5O/c1-24(21-22-10-9-20(23-21)26-12-14-27-15-13-26)19-8-5-11-25(17-19)16-18-6-3-2-4-7-18/h2-4,6-7,9-10,19H,5,8,11-17H2,1H3. The van der Waals surface area contributed by atoms with E-state index in [0.29, 0.717) is 6.04 Å². The van der Waals surface area contributed by atoms with Crippen LogP contribution >= 0.6 is 0 Å². The first-order valence-electron chi connectivity index (χ1n) is 9.94. The van der Waals surface area contributed by atoms with E-state index in [0.717, 1.165) is 57.7 Å². The van der Waals surface area contributed by atoms with Crippen molar-refractivity contribution in [1.29, 1.82) is 0 Å². The molecule has 0 bridgehead atoms. The molecule has 1 aromatic heterocycles. The minimum atomic E-state index is 0.447. The molecule has 1 aromatic carbocycles. The van der Waals surface area contributed by atoms with Gasteiger partial charge in [0, 0.05) is 45.5 Å². The Morgan fingerprint density at radius 2 is 1.93 bits per heavy atom. The molecule has 2 aromatic rings. The molecule has 0 spiro atoms. The molecule has 0 aliphatic carbocycles. The van der Waals surface area contributed by atoms with Crippen molar-refractivity contribution < 1.29 is 4.74 Å². The van der Waals surface area contributed by atoms with Crippen molar-refractivity contribution in [2.24, 2.45) is 0 Å². The highest BCUT2D eigenvalue weighted by atomic mass is 16.5. The Kier molecular flexibility index (Phi) is 5.84. The first kappa shape index (κ1) is 18.2. The topological polar surface area (TPSA) is 44.7 Å². The zero-order valence-electron chi connectivity index (χ0n) is 16.1. The van der Waals surface area contributed by atoms with Crippen molar-refractivity contribution in [3.8, 4) is 0 Å². The van der Waals surface area contributed by atoms with E-state index in [1.165, 1.54) is 18.4 Å². The molecule has 144 valence electrons. The molecule has 2 saturated heterocycles. The third-order valence-corrected chi connectivity index (χ3v) is 5.56. The van der Waals surface area contributed by atoms with E-state index in [4.69, 9.17) is 9.72 Å². The van der Waals surface area contributed by atoms with Crippen LogP contribution in [0.3, 0.4) is 0 Å². The Hall–Kier alpha value is -2.18. The van der Waals surface area contributed by atoms with Crippen LogP contribution in [0.2, 0.25) is 0 Å². The number of piperidine rings is 1. The Bertz CT molecular complexity index is 720. The Morgan fingerprint density at radius 3 is 2.74 bits per heavy atom. The lowest BCUT2D eigenvalue weighted by atomic mass is 10.0. The first-order chi connectivity index (χ1) is 13.3. The highest BCUT2D eigenvalue weighted by molar-refractivity contribution is 5.44. The van der Waals surface area contributed by atoms with E-state index >= 15 is 0 Å². The number of hydrogen-bond donors (Lipinski definition) is 0.